The van der Waals surface area contributed by atoms with E-state index in [0.717, 1.165) is 17.9 Å². The van der Waals surface area contributed by atoms with Crippen molar-refractivity contribution >= 4 is 10.2 Å². The topological polar surface area (TPSA) is 53.1 Å². The SMILES string of the molecule is CCN(CC)S(=O)(=O)N1CCN(C)[C@H](c2ccc(OC)cc2)C1. The molecule has 1 aromatic carbocycles. The number of ether oxygens (including phenoxy) is 1. The second-order valence-electron chi connectivity index (χ2n) is 5.72. The second kappa shape index (κ2) is 7.61. The maximum Gasteiger partial charge on any atom is 0.282 e. The van der Waals surface area contributed by atoms with Crippen molar-refractivity contribution in [1.82, 2.24) is 13.5 Å². The molecule has 6 nitrogen and oxygen atoms in total. The molecule has 1 aliphatic heterocycles. The maximum atomic E-state index is 12.7. The van der Waals surface area contributed by atoms with Gasteiger partial charge in [-0.3, -0.25) is 4.90 Å². The summed E-state index contributed by atoms with van der Waals surface area (Å²) in [6.45, 7) is 6.47. The van der Waals surface area contributed by atoms with Gasteiger partial charge in [-0.25, -0.2) is 0 Å². The summed E-state index contributed by atoms with van der Waals surface area (Å²) in [6, 6.07) is 7.91. The van der Waals surface area contributed by atoms with Crippen molar-refractivity contribution in [3.05, 3.63) is 29.8 Å². The minimum atomic E-state index is -3.39. The normalized spacial score (nSPS) is 20.8. The molecule has 23 heavy (non-hydrogen) atoms. The van der Waals surface area contributed by atoms with Gasteiger partial charge in [0.05, 0.1) is 7.11 Å². The summed E-state index contributed by atoms with van der Waals surface area (Å²) in [4.78, 5) is 2.20. The first-order valence-electron chi connectivity index (χ1n) is 8.03. The van der Waals surface area contributed by atoms with Crippen LogP contribution in [-0.2, 0) is 10.2 Å². The summed E-state index contributed by atoms with van der Waals surface area (Å²) in [6.07, 6.45) is 0. The van der Waals surface area contributed by atoms with Crippen LogP contribution < -0.4 is 4.74 Å². The summed E-state index contributed by atoms with van der Waals surface area (Å²) in [5.41, 5.74) is 1.10. The average Bonchev–Trinajstić information content (AvgIpc) is 2.56. The predicted molar refractivity (Wildman–Crippen MR) is 91.8 cm³/mol. The van der Waals surface area contributed by atoms with Crippen LogP contribution in [0.5, 0.6) is 5.75 Å². The first-order chi connectivity index (χ1) is 10.9. The van der Waals surface area contributed by atoms with Gasteiger partial charge in [-0.2, -0.15) is 17.0 Å². The summed E-state index contributed by atoms with van der Waals surface area (Å²) in [5, 5.41) is 0. The molecule has 1 fully saturated rings. The fraction of sp³-hybridized carbons (Fsp3) is 0.625. The largest absolute Gasteiger partial charge is 0.497 e. The lowest BCUT2D eigenvalue weighted by Crippen LogP contribution is -2.53. The van der Waals surface area contributed by atoms with Crippen molar-refractivity contribution in [2.24, 2.45) is 0 Å². The van der Waals surface area contributed by atoms with E-state index in [1.54, 1.807) is 11.4 Å². The van der Waals surface area contributed by atoms with Crippen LogP contribution in [0.4, 0.5) is 0 Å². The fourth-order valence-corrected chi connectivity index (χ4v) is 4.58. The van der Waals surface area contributed by atoms with Crippen molar-refractivity contribution in [3.8, 4) is 5.75 Å². The summed E-state index contributed by atoms with van der Waals surface area (Å²) < 4.78 is 33.8. The number of likely N-dealkylation sites (N-methyl/N-ethyl adjacent to an activating group) is 1. The summed E-state index contributed by atoms with van der Waals surface area (Å²) in [5.74, 6) is 0.805. The number of rotatable bonds is 6. The van der Waals surface area contributed by atoms with Gasteiger partial charge >= 0.3 is 0 Å². The van der Waals surface area contributed by atoms with Crippen LogP contribution in [0, 0.1) is 0 Å². The fourth-order valence-electron chi connectivity index (χ4n) is 2.96. The second-order valence-corrected chi connectivity index (χ2v) is 7.65. The van der Waals surface area contributed by atoms with Crippen molar-refractivity contribution in [1.29, 1.82) is 0 Å². The van der Waals surface area contributed by atoms with Crippen LogP contribution in [0.25, 0.3) is 0 Å². The lowest BCUT2D eigenvalue weighted by atomic mass is 10.0. The van der Waals surface area contributed by atoms with Gasteiger partial charge in [0.1, 0.15) is 5.75 Å². The Labute approximate surface area is 139 Å². The molecule has 0 unspecified atom stereocenters. The molecule has 1 heterocycles. The molecule has 0 aliphatic carbocycles. The number of piperazine rings is 1. The van der Waals surface area contributed by atoms with E-state index in [-0.39, 0.29) is 6.04 Å². The summed E-state index contributed by atoms with van der Waals surface area (Å²) in [7, 11) is 0.291. The minimum Gasteiger partial charge on any atom is -0.497 e. The third-order valence-corrected chi connectivity index (χ3v) is 6.62. The first kappa shape index (κ1) is 18.2. The zero-order valence-electron chi connectivity index (χ0n) is 14.4. The van der Waals surface area contributed by atoms with Gasteiger partial charge in [-0.05, 0) is 24.7 Å². The number of hydrogen-bond donors (Lipinski definition) is 0. The molecular formula is C16H27N3O3S. The molecule has 0 spiro atoms. The van der Waals surface area contributed by atoms with Crippen LogP contribution in [0.2, 0.25) is 0 Å². The van der Waals surface area contributed by atoms with Crippen LogP contribution in [0.15, 0.2) is 24.3 Å². The molecule has 0 amide bonds. The lowest BCUT2D eigenvalue weighted by molar-refractivity contribution is 0.143. The molecule has 0 saturated carbocycles. The number of nitrogens with zero attached hydrogens (tertiary/aromatic N) is 3. The zero-order chi connectivity index (χ0) is 17.0. The van der Waals surface area contributed by atoms with Gasteiger partial charge in [-0.15, -0.1) is 0 Å². The van der Waals surface area contributed by atoms with Gasteiger partial charge in [0.2, 0.25) is 0 Å². The number of benzene rings is 1. The summed E-state index contributed by atoms with van der Waals surface area (Å²) >= 11 is 0. The molecular weight excluding hydrogens is 314 g/mol. The van der Waals surface area contributed by atoms with E-state index in [0.29, 0.717) is 26.2 Å². The van der Waals surface area contributed by atoms with Gasteiger partial charge in [0, 0.05) is 38.8 Å². The smallest absolute Gasteiger partial charge is 0.282 e. The minimum absolute atomic E-state index is 0.0555. The van der Waals surface area contributed by atoms with Crippen LogP contribution in [0.3, 0.4) is 0 Å². The van der Waals surface area contributed by atoms with E-state index in [9.17, 15) is 8.42 Å². The molecule has 130 valence electrons. The van der Waals surface area contributed by atoms with Gasteiger partial charge in [-0.1, -0.05) is 26.0 Å². The highest BCUT2D eigenvalue weighted by molar-refractivity contribution is 7.86. The monoisotopic (exact) mass is 341 g/mol. The molecule has 0 bridgehead atoms. The first-order valence-corrected chi connectivity index (χ1v) is 9.43. The van der Waals surface area contributed by atoms with Crippen molar-refractivity contribution in [2.45, 2.75) is 19.9 Å². The average molecular weight is 341 g/mol. The molecule has 0 N–H and O–H groups in total. The molecule has 7 heteroatoms. The molecule has 1 aromatic rings. The van der Waals surface area contributed by atoms with Crippen LogP contribution in [0.1, 0.15) is 25.5 Å². The third-order valence-electron chi connectivity index (χ3n) is 4.47. The van der Waals surface area contributed by atoms with E-state index in [1.165, 1.54) is 4.31 Å². The quantitative estimate of drug-likeness (QED) is 0.788. The van der Waals surface area contributed by atoms with E-state index < -0.39 is 10.2 Å². The lowest BCUT2D eigenvalue weighted by Gasteiger charge is -2.40. The Kier molecular flexibility index (Phi) is 6.02. The highest BCUT2D eigenvalue weighted by Gasteiger charge is 2.35. The van der Waals surface area contributed by atoms with Gasteiger partial charge < -0.3 is 4.74 Å². The zero-order valence-corrected chi connectivity index (χ0v) is 15.2. The van der Waals surface area contributed by atoms with Crippen LogP contribution in [-0.4, -0.2) is 68.8 Å². The maximum absolute atomic E-state index is 12.7. The van der Waals surface area contributed by atoms with Crippen molar-refractivity contribution < 1.29 is 13.2 Å². The Balaban J connectivity index is 2.21. The van der Waals surface area contributed by atoms with E-state index in [2.05, 4.69) is 4.90 Å². The van der Waals surface area contributed by atoms with Crippen molar-refractivity contribution in [2.75, 3.05) is 46.9 Å². The van der Waals surface area contributed by atoms with Gasteiger partial charge in [0.15, 0.2) is 0 Å². The van der Waals surface area contributed by atoms with Crippen LogP contribution >= 0.6 is 0 Å². The molecule has 1 atom stereocenters. The van der Waals surface area contributed by atoms with E-state index >= 15 is 0 Å². The molecule has 1 saturated heterocycles. The highest BCUT2D eigenvalue weighted by atomic mass is 32.2. The standard InChI is InChI=1S/C16H27N3O3S/c1-5-18(6-2)23(20,21)19-12-11-17(3)16(13-19)14-7-9-15(22-4)10-8-14/h7-10,16H,5-6,11-13H2,1-4H3/t16-/m0/s1. The number of hydrogen-bond acceptors (Lipinski definition) is 4. The third kappa shape index (κ3) is 3.85. The Hall–Kier alpha value is -1.15. The molecule has 0 radical (unpaired) electrons. The van der Waals surface area contributed by atoms with Crippen molar-refractivity contribution in [3.63, 3.8) is 0 Å². The Morgan fingerprint density at radius 1 is 1.17 bits per heavy atom. The Bertz CT molecular complexity index is 600. The predicted octanol–water partition coefficient (Wildman–Crippen LogP) is 1.57. The Morgan fingerprint density at radius 3 is 2.30 bits per heavy atom. The molecule has 2 rings (SSSR count). The van der Waals surface area contributed by atoms with Gasteiger partial charge in [0.25, 0.3) is 10.2 Å². The van der Waals surface area contributed by atoms with E-state index in [4.69, 9.17) is 4.74 Å². The number of methoxy groups -OCH3 is 1. The Morgan fingerprint density at radius 2 is 1.78 bits per heavy atom. The molecule has 1 aliphatic rings. The van der Waals surface area contributed by atoms with E-state index in [1.807, 2.05) is 45.2 Å². The molecule has 0 aromatic heterocycles. The highest BCUT2D eigenvalue weighted by Crippen LogP contribution is 2.27.